The Morgan fingerprint density at radius 1 is 1.17 bits per heavy atom. The van der Waals surface area contributed by atoms with Crippen LogP contribution in [0.5, 0.6) is 0 Å². The van der Waals surface area contributed by atoms with Gasteiger partial charge in [0, 0.05) is 29.8 Å². The first-order valence-electron chi connectivity index (χ1n) is 10.2. The quantitative estimate of drug-likeness (QED) is 0.800. The molecule has 2 unspecified atom stereocenters. The lowest BCUT2D eigenvalue weighted by Gasteiger charge is -2.29. The van der Waals surface area contributed by atoms with Crippen molar-refractivity contribution in [2.24, 2.45) is 5.92 Å². The summed E-state index contributed by atoms with van der Waals surface area (Å²) in [5.41, 5.74) is 4.58. The van der Waals surface area contributed by atoms with E-state index in [2.05, 4.69) is 35.6 Å². The van der Waals surface area contributed by atoms with Gasteiger partial charge in [-0.3, -0.25) is 19.7 Å². The third-order valence-electron chi connectivity index (χ3n) is 5.99. The summed E-state index contributed by atoms with van der Waals surface area (Å²) in [6.45, 7) is 2.54. The number of piperidine rings is 1. The van der Waals surface area contributed by atoms with Crippen molar-refractivity contribution in [3.8, 4) is 11.3 Å². The van der Waals surface area contributed by atoms with Crippen LogP contribution in [0.3, 0.4) is 0 Å². The lowest BCUT2D eigenvalue weighted by Crippen LogP contribution is -2.52. The summed E-state index contributed by atoms with van der Waals surface area (Å²) in [4.78, 5) is 38.2. The van der Waals surface area contributed by atoms with Crippen molar-refractivity contribution >= 4 is 23.4 Å². The Morgan fingerprint density at radius 3 is 2.83 bits per heavy atom. The zero-order chi connectivity index (χ0) is 20.8. The molecule has 2 aliphatic heterocycles. The second kappa shape index (κ2) is 7.09. The van der Waals surface area contributed by atoms with E-state index >= 15 is 0 Å². The van der Waals surface area contributed by atoms with Gasteiger partial charge in [0.25, 0.3) is 5.91 Å². The smallest absolute Gasteiger partial charge is 0.255 e. The molecule has 0 radical (unpaired) electrons. The number of benzene rings is 1. The Hall–Kier alpha value is -3.48. The number of nitrogens with one attached hydrogen (secondary N) is 1. The van der Waals surface area contributed by atoms with Gasteiger partial charge < -0.3 is 4.90 Å². The molecule has 152 valence electrons. The van der Waals surface area contributed by atoms with Crippen LogP contribution in [0.2, 0.25) is 0 Å². The topological polar surface area (TPSA) is 84.3 Å². The van der Waals surface area contributed by atoms with E-state index in [1.807, 2.05) is 28.9 Å². The number of carbonyl (C=O) groups excluding carboxylic acids is 3. The molecule has 1 aliphatic carbocycles. The SMILES string of the molecule is CC1C=CC=C(n2nccc2-c2ccc3c(c2)CN(C2CCC(=O)NC2=O)C3=O)C1. The summed E-state index contributed by atoms with van der Waals surface area (Å²) in [5, 5.41) is 6.86. The summed E-state index contributed by atoms with van der Waals surface area (Å²) in [6, 6.07) is 7.14. The van der Waals surface area contributed by atoms with Gasteiger partial charge in [-0.2, -0.15) is 5.10 Å². The summed E-state index contributed by atoms with van der Waals surface area (Å²) in [6.07, 6.45) is 9.64. The van der Waals surface area contributed by atoms with E-state index < -0.39 is 11.9 Å². The second-order valence-electron chi connectivity index (χ2n) is 8.12. The normalized spacial score (nSPS) is 23.4. The zero-order valence-electron chi connectivity index (χ0n) is 16.7. The fourth-order valence-electron chi connectivity index (χ4n) is 4.46. The van der Waals surface area contributed by atoms with Gasteiger partial charge in [0.15, 0.2) is 0 Å². The van der Waals surface area contributed by atoms with Gasteiger partial charge in [0.05, 0.1) is 11.9 Å². The van der Waals surface area contributed by atoms with Crippen LogP contribution in [0, 0.1) is 5.92 Å². The number of amides is 3. The number of aromatic nitrogens is 2. The molecule has 5 rings (SSSR count). The Balaban J connectivity index is 1.44. The van der Waals surface area contributed by atoms with Gasteiger partial charge in [-0.25, -0.2) is 4.68 Å². The molecule has 2 atom stereocenters. The molecule has 1 saturated heterocycles. The van der Waals surface area contributed by atoms with Crippen LogP contribution >= 0.6 is 0 Å². The number of imide groups is 1. The third-order valence-corrected chi connectivity index (χ3v) is 5.99. The van der Waals surface area contributed by atoms with Gasteiger partial charge in [-0.05, 0) is 48.6 Å². The second-order valence-corrected chi connectivity index (χ2v) is 8.12. The highest BCUT2D eigenvalue weighted by Gasteiger charge is 2.39. The van der Waals surface area contributed by atoms with Gasteiger partial charge in [0.2, 0.25) is 11.8 Å². The summed E-state index contributed by atoms with van der Waals surface area (Å²) in [7, 11) is 0. The average Bonchev–Trinajstić information content (AvgIpc) is 3.33. The number of allylic oxidation sites excluding steroid dienone is 4. The minimum absolute atomic E-state index is 0.159. The lowest BCUT2D eigenvalue weighted by molar-refractivity contribution is -0.136. The molecule has 30 heavy (non-hydrogen) atoms. The monoisotopic (exact) mass is 402 g/mol. The van der Waals surface area contributed by atoms with Crippen molar-refractivity contribution in [3.63, 3.8) is 0 Å². The third kappa shape index (κ3) is 3.07. The molecule has 0 saturated carbocycles. The standard InChI is InChI=1S/C23H22N4O3/c1-14-3-2-4-17(11-14)27-19(9-10-24-27)15-5-6-18-16(12-15)13-26(23(18)30)20-7-8-21(28)25-22(20)29/h2-6,9-10,12,14,20H,7-8,11,13H2,1H3,(H,25,28,29). The first kappa shape index (κ1) is 18.5. The minimum atomic E-state index is -0.600. The van der Waals surface area contributed by atoms with Crippen molar-refractivity contribution in [1.29, 1.82) is 0 Å². The summed E-state index contributed by atoms with van der Waals surface area (Å²) in [5.74, 6) is -0.371. The van der Waals surface area contributed by atoms with E-state index in [9.17, 15) is 14.4 Å². The van der Waals surface area contributed by atoms with E-state index in [1.54, 1.807) is 11.1 Å². The predicted molar refractivity (Wildman–Crippen MR) is 111 cm³/mol. The number of nitrogens with zero attached hydrogens (tertiary/aromatic N) is 3. The lowest BCUT2D eigenvalue weighted by atomic mass is 9.99. The molecule has 2 aromatic rings. The summed E-state index contributed by atoms with van der Waals surface area (Å²) >= 11 is 0. The summed E-state index contributed by atoms with van der Waals surface area (Å²) < 4.78 is 1.95. The molecule has 0 bridgehead atoms. The van der Waals surface area contributed by atoms with Gasteiger partial charge in [-0.1, -0.05) is 25.1 Å². The maximum absolute atomic E-state index is 12.9. The molecule has 3 aliphatic rings. The Kier molecular flexibility index (Phi) is 4.38. The largest absolute Gasteiger partial charge is 0.322 e. The molecule has 3 amide bonds. The number of fused-ring (bicyclic) bond motifs is 1. The number of hydrogen-bond acceptors (Lipinski definition) is 4. The molecule has 3 heterocycles. The molecular formula is C23H22N4O3. The van der Waals surface area contributed by atoms with Crippen LogP contribution in [0.25, 0.3) is 17.0 Å². The first-order chi connectivity index (χ1) is 14.5. The fourth-order valence-corrected chi connectivity index (χ4v) is 4.46. The van der Waals surface area contributed by atoms with Crippen LogP contribution in [-0.2, 0) is 16.1 Å². The van der Waals surface area contributed by atoms with Gasteiger partial charge in [0.1, 0.15) is 6.04 Å². The molecule has 1 fully saturated rings. The number of carbonyl (C=O) groups is 3. The first-order valence-corrected chi connectivity index (χ1v) is 10.2. The number of hydrogen-bond donors (Lipinski definition) is 1. The van der Waals surface area contributed by atoms with E-state index in [0.717, 1.165) is 28.9 Å². The van der Waals surface area contributed by atoms with Crippen LogP contribution in [0.4, 0.5) is 0 Å². The Bertz CT molecular complexity index is 1130. The predicted octanol–water partition coefficient (Wildman–Crippen LogP) is 2.75. The van der Waals surface area contributed by atoms with E-state index in [1.165, 1.54) is 0 Å². The molecule has 1 aromatic carbocycles. The molecule has 0 spiro atoms. The molecule has 7 heteroatoms. The fraction of sp³-hybridized carbons (Fsp3) is 0.304. The highest BCUT2D eigenvalue weighted by molar-refractivity contribution is 6.05. The van der Waals surface area contributed by atoms with Gasteiger partial charge in [-0.15, -0.1) is 0 Å². The van der Waals surface area contributed by atoms with Crippen LogP contribution in [-0.4, -0.2) is 38.4 Å². The van der Waals surface area contributed by atoms with Crippen molar-refractivity contribution in [3.05, 3.63) is 59.8 Å². The molecular weight excluding hydrogens is 380 g/mol. The van der Waals surface area contributed by atoms with Crippen molar-refractivity contribution < 1.29 is 14.4 Å². The zero-order valence-corrected chi connectivity index (χ0v) is 16.7. The maximum atomic E-state index is 12.9. The van der Waals surface area contributed by atoms with E-state index in [-0.39, 0.29) is 18.2 Å². The number of rotatable bonds is 3. The van der Waals surface area contributed by atoms with Crippen molar-refractivity contribution in [2.45, 2.75) is 38.8 Å². The van der Waals surface area contributed by atoms with Crippen LogP contribution in [0.15, 0.2) is 48.7 Å². The van der Waals surface area contributed by atoms with Crippen molar-refractivity contribution in [1.82, 2.24) is 20.0 Å². The minimum Gasteiger partial charge on any atom is -0.322 e. The Labute approximate surface area is 174 Å². The Morgan fingerprint density at radius 2 is 2.03 bits per heavy atom. The maximum Gasteiger partial charge on any atom is 0.255 e. The van der Waals surface area contributed by atoms with E-state index in [4.69, 9.17) is 0 Å². The average molecular weight is 402 g/mol. The highest BCUT2D eigenvalue weighted by atomic mass is 16.2. The van der Waals surface area contributed by atoms with Crippen LogP contribution in [0.1, 0.15) is 42.1 Å². The molecule has 1 N–H and O–H groups in total. The van der Waals surface area contributed by atoms with E-state index in [0.29, 0.717) is 24.4 Å². The molecule has 7 nitrogen and oxygen atoms in total. The highest BCUT2D eigenvalue weighted by Crippen LogP contribution is 2.33. The molecule has 1 aromatic heterocycles. The van der Waals surface area contributed by atoms with Crippen molar-refractivity contribution in [2.75, 3.05) is 0 Å². The van der Waals surface area contributed by atoms with Crippen LogP contribution < -0.4 is 5.32 Å². The van der Waals surface area contributed by atoms with Gasteiger partial charge >= 0.3 is 0 Å².